The fourth-order valence-electron chi connectivity index (χ4n) is 4.75. The molecule has 0 radical (unpaired) electrons. The van der Waals surface area contributed by atoms with Gasteiger partial charge >= 0.3 is 0 Å². The van der Waals surface area contributed by atoms with Gasteiger partial charge in [-0.25, -0.2) is 0 Å². The zero-order chi connectivity index (χ0) is 29.6. The maximum Gasteiger partial charge on any atom is 0.143 e. The second kappa shape index (κ2) is 15.8. The van der Waals surface area contributed by atoms with Crippen LogP contribution in [0.1, 0.15) is 37.3 Å². The van der Waals surface area contributed by atoms with E-state index in [0.29, 0.717) is 13.2 Å². The highest BCUT2D eigenvalue weighted by Crippen LogP contribution is 2.42. The molecule has 3 atom stereocenters. The first-order valence-corrected chi connectivity index (χ1v) is 14.0. The summed E-state index contributed by atoms with van der Waals surface area (Å²) >= 11 is 0. The Morgan fingerprint density at radius 2 is 1.32 bits per heavy atom. The lowest BCUT2D eigenvalue weighted by molar-refractivity contribution is -0.0697. The second-order valence-electron chi connectivity index (χ2n) is 9.65. The van der Waals surface area contributed by atoms with Crippen LogP contribution in [0.2, 0.25) is 0 Å². The van der Waals surface area contributed by atoms with Crippen LogP contribution in [0.4, 0.5) is 0 Å². The number of aliphatic hydroxyl groups excluding tert-OH is 1. The van der Waals surface area contributed by atoms with E-state index in [1.807, 2.05) is 103 Å². The number of hydrogen-bond acceptors (Lipinski definition) is 5. The van der Waals surface area contributed by atoms with Gasteiger partial charge in [0.1, 0.15) is 23.2 Å². The molecule has 0 spiro atoms. The van der Waals surface area contributed by atoms with E-state index in [-0.39, 0.29) is 13.0 Å². The predicted octanol–water partition coefficient (Wildman–Crippen LogP) is 7.17. The molecule has 5 heteroatoms. The number of benzene rings is 3. The first kappa shape index (κ1) is 28.6. The molecule has 1 aliphatic heterocycles. The SMILES string of the molecule is [3H][C@H]1C[C@@H](O)[C@@H](COC(c2ccccc2)(c2ccc(OCCC=CC=C)cc2)c2ccc(OCCC=CC=C)cc2)O1. The summed E-state index contributed by atoms with van der Waals surface area (Å²) in [6, 6.07) is 25.8. The van der Waals surface area contributed by atoms with Crippen LogP contribution in [0.15, 0.2) is 128 Å². The van der Waals surface area contributed by atoms with Crippen molar-refractivity contribution < 1.29 is 25.4 Å². The Labute approximate surface area is 245 Å². The summed E-state index contributed by atoms with van der Waals surface area (Å²) in [6.07, 6.45) is 11.8. The van der Waals surface area contributed by atoms with Crippen molar-refractivity contribution in [2.24, 2.45) is 0 Å². The maximum atomic E-state index is 10.5. The van der Waals surface area contributed by atoms with Crippen LogP contribution in [-0.2, 0) is 15.1 Å². The molecular weight excluding hydrogens is 512 g/mol. The highest BCUT2D eigenvalue weighted by atomic mass is 16.6. The summed E-state index contributed by atoms with van der Waals surface area (Å²) in [5.41, 5.74) is 1.68. The second-order valence-corrected chi connectivity index (χ2v) is 9.65. The Kier molecular flexibility index (Phi) is 11.0. The van der Waals surface area contributed by atoms with Crippen molar-refractivity contribution in [2.75, 3.05) is 26.4 Å². The number of aliphatic hydroxyl groups is 1. The number of ether oxygens (including phenoxy) is 4. The minimum absolute atomic E-state index is 0.104. The van der Waals surface area contributed by atoms with Crippen molar-refractivity contribution in [2.45, 2.75) is 37.1 Å². The smallest absolute Gasteiger partial charge is 0.143 e. The van der Waals surface area contributed by atoms with E-state index in [2.05, 4.69) is 13.2 Å². The third kappa shape index (κ3) is 8.08. The predicted molar refractivity (Wildman–Crippen MR) is 164 cm³/mol. The first-order valence-electron chi connectivity index (χ1n) is 14.6. The highest BCUT2D eigenvalue weighted by molar-refractivity contribution is 5.49. The lowest BCUT2D eigenvalue weighted by Crippen LogP contribution is -2.38. The molecule has 1 heterocycles. The van der Waals surface area contributed by atoms with Gasteiger partial charge < -0.3 is 24.1 Å². The van der Waals surface area contributed by atoms with Crippen LogP contribution in [0.25, 0.3) is 0 Å². The highest BCUT2D eigenvalue weighted by Gasteiger charge is 2.40. The molecular formula is C36H40O5. The lowest BCUT2D eigenvalue weighted by atomic mass is 9.80. The first-order chi connectivity index (χ1) is 20.6. The average molecular weight is 555 g/mol. The molecule has 214 valence electrons. The molecule has 1 fully saturated rings. The van der Waals surface area contributed by atoms with E-state index in [1.165, 1.54) is 0 Å². The molecule has 0 aliphatic carbocycles. The molecule has 1 N–H and O–H groups in total. The van der Waals surface area contributed by atoms with Gasteiger partial charge in [-0.1, -0.05) is 104 Å². The third-order valence-corrected chi connectivity index (χ3v) is 6.85. The molecule has 1 aliphatic rings. The molecule has 3 aromatic carbocycles. The quantitative estimate of drug-likeness (QED) is 0.116. The van der Waals surface area contributed by atoms with E-state index >= 15 is 0 Å². The van der Waals surface area contributed by atoms with Gasteiger partial charge in [-0.2, -0.15) is 0 Å². The van der Waals surface area contributed by atoms with Gasteiger partial charge in [0.05, 0.1) is 27.3 Å². The van der Waals surface area contributed by atoms with Gasteiger partial charge in [-0.05, 0) is 60.2 Å². The molecule has 5 nitrogen and oxygen atoms in total. The Morgan fingerprint density at radius 1 is 0.805 bits per heavy atom. The largest absolute Gasteiger partial charge is 0.493 e. The molecule has 0 bridgehead atoms. The van der Waals surface area contributed by atoms with Crippen molar-refractivity contribution in [1.82, 2.24) is 0 Å². The third-order valence-electron chi connectivity index (χ3n) is 6.85. The Bertz CT molecular complexity index is 1230. The lowest BCUT2D eigenvalue weighted by Gasteiger charge is -2.37. The van der Waals surface area contributed by atoms with Gasteiger partial charge in [0.15, 0.2) is 0 Å². The fraction of sp³-hybridized carbons (Fsp3) is 0.278. The van der Waals surface area contributed by atoms with Crippen molar-refractivity contribution >= 4 is 0 Å². The van der Waals surface area contributed by atoms with E-state index in [9.17, 15) is 5.11 Å². The van der Waals surface area contributed by atoms with E-state index in [1.54, 1.807) is 12.2 Å². The normalized spacial score (nSPS) is 20.5. The summed E-state index contributed by atoms with van der Waals surface area (Å²) in [5.74, 6) is 1.52. The standard InChI is InChI=1S/C36H40O5/c1-3-5-7-12-25-38-32-20-16-30(17-21-32)36(29-14-10-9-11-15-29,41-28-35-34(37)24-27-40-35)31-18-22-33(23-19-31)39-26-13-8-6-4-2/h3-11,14-23,34-35,37H,1-2,12-13,24-28H2/t34-,35-,36?/m1/s1/i27T/t27-,34+,35+,36?/m0. The molecule has 1 saturated heterocycles. The number of allylic oxidation sites excluding steroid dienone is 4. The van der Waals surface area contributed by atoms with Crippen molar-refractivity contribution in [3.63, 3.8) is 0 Å². The fourth-order valence-corrected chi connectivity index (χ4v) is 4.75. The van der Waals surface area contributed by atoms with Gasteiger partial charge in [0, 0.05) is 6.58 Å². The number of rotatable bonds is 16. The van der Waals surface area contributed by atoms with Gasteiger partial charge in [-0.15, -0.1) is 0 Å². The van der Waals surface area contributed by atoms with E-state index < -0.39 is 24.4 Å². The summed E-state index contributed by atoms with van der Waals surface area (Å²) < 4.78 is 32.4. The number of hydrogen-bond donors (Lipinski definition) is 1. The van der Waals surface area contributed by atoms with Crippen LogP contribution in [0.5, 0.6) is 11.5 Å². The monoisotopic (exact) mass is 554 g/mol. The van der Waals surface area contributed by atoms with E-state index in [0.717, 1.165) is 41.0 Å². The van der Waals surface area contributed by atoms with Crippen molar-refractivity contribution in [3.8, 4) is 11.5 Å². The Hall–Kier alpha value is -3.90. The summed E-state index contributed by atoms with van der Waals surface area (Å²) in [4.78, 5) is 0. The van der Waals surface area contributed by atoms with Gasteiger partial charge in [0.2, 0.25) is 0 Å². The Morgan fingerprint density at radius 3 is 1.78 bits per heavy atom. The molecule has 4 rings (SSSR count). The molecule has 0 aromatic heterocycles. The topological polar surface area (TPSA) is 57.2 Å². The zero-order valence-electron chi connectivity index (χ0n) is 24.4. The van der Waals surface area contributed by atoms with Crippen LogP contribution in [-0.4, -0.2) is 43.7 Å². The summed E-state index contributed by atoms with van der Waals surface area (Å²) in [5, 5.41) is 10.5. The maximum absolute atomic E-state index is 10.5. The molecule has 0 amide bonds. The van der Waals surface area contributed by atoms with Crippen LogP contribution in [0.3, 0.4) is 0 Å². The minimum atomic E-state index is -1.03. The summed E-state index contributed by atoms with van der Waals surface area (Å²) in [6.45, 7) is 7.83. The van der Waals surface area contributed by atoms with Crippen molar-refractivity contribution in [1.29, 1.82) is 0 Å². The van der Waals surface area contributed by atoms with Crippen LogP contribution < -0.4 is 9.47 Å². The minimum Gasteiger partial charge on any atom is -0.493 e. The molecule has 0 unspecified atom stereocenters. The summed E-state index contributed by atoms with van der Waals surface area (Å²) in [7, 11) is 0. The van der Waals surface area contributed by atoms with Crippen LogP contribution in [0, 0.1) is 0 Å². The zero-order valence-corrected chi connectivity index (χ0v) is 23.4. The molecule has 0 saturated carbocycles. The van der Waals surface area contributed by atoms with Crippen LogP contribution >= 0.6 is 0 Å². The van der Waals surface area contributed by atoms with Gasteiger partial charge in [-0.3, -0.25) is 0 Å². The van der Waals surface area contributed by atoms with Gasteiger partial charge in [0.25, 0.3) is 0 Å². The van der Waals surface area contributed by atoms with E-state index in [4.69, 9.17) is 20.3 Å². The average Bonchev–Trinajstić information content (AvgIpc) is 3.35. The Balaban J connectivity index is 1.67. The molecule has 41 heavy (non-hydrogen) atoms. The van der Waals surface area contributed by atoms with Crippen molar-refractivity contribution in [3.05, 3.63) is 145 Å². The molecule has 3 aromatic rings.